The highest BCUT2D eigenvalue weighted by molar-refractivity contribution is 7.92. The van der Waals surface area contributed by atoms with Gasteiger partial charge in [-0.25, -0.2) is 8.42 Å². The van der Waals surface area contributed by atoms with Crippen molar-refractivity contribution in [2.24, 2.45) is 0 Å². The van der Waals surface area contributed by atoms with Gasteiger partial charge in [-0.1, -0.05) is 62.6 Å². The highest BCUT2D eigenvalue weighted by Gasteiger charge is 2.34. The zero-order valence-corrected chi connectivity index (χ0v) is 26.4. The molecule has 3 aromatic rings. The second-order valence-electron chi connectivity index (χ2n) is 11.3. The van der Waals surface area contributed by atoms with Crippen LogP contribution in [-0.4, -0.2) is 50.9 Å². The normalized spacial score (nSPS) is 14.5. The van der Waals surface area contributed by atoms with Gasteiger partial charge in [0.25, 0.3) is 10.0 Å². The number of aryl methyl sites for hydroxylation is 2. The first kappa shape index (κ1) is 32.1. The van der Waals surface area contributed by atoms with E-state index in [2.05, 4.69) is 5.32 Å². The summed E-state index contributed by atoms with van der Waals surface area (Å²) in [6.45, 7) is 5.35. The Morgan fingerprint density at radius 1 is 0.930 bits per heavy atom. The summed E-state index contributed by atoms with van der Waals surface area (Å²) in [5.74, 6) is 0.0129. The monoisotopic (exact) mass is 605 g/mol. The number of hydrogen-bond acceptors (Lipinski definition) is 5. The van der Waals surface area contributed by atoms with Gasteiger partial charge in [0.2, 0.25) is 11.8 Å². The van der Waals surface area contributed by atoms with E-state index in [1.54, 1.807) is 37.4 Å². The molecule has 0 radical (unpaired) electrons. The third-order valence-electron chi connectivity index (χ3n) is 7.95. The molecule has 0 aliphatic heterocycles. The molecule has 230 valence electrons. The smallest absolute Gasteiger partial charge is 0.264 e. The third kappa shape index (κ3) is 8.16. The molecule has 0 bridgehead atoms. The number of benzene rings is 3. The number of hydrogen-bond donors (Lipinski definition) is 1. The molecule has 1 N–H and O–H groups in total. The molecular weight excluding hydrogens is 562 g/mol. The zero-order chi connectivity index (χ0) is 31.0. The second-order valence-corrected chi connectivity index (χ2v) is 13.2. The Kier molecular flexibility index (Phi) is 10.9. The molecule has 43 heavy (non-hydrogen) atoms. The molecule has 3 aromatic carbocycles. The highest BCUT2D eigenvalue weighted by Crippen LogP contribution is 2.27. The van der Waals surface area contributed by atoms with Crippen LogP contribution in [-0.2, 0) is 26.2 Å². The fraction of sp³-hybridized carbons (Fsp3) is 0.412. The van der Waals surface area contributed by atoms with E-state index in [4.69, 9.17) is 4.74 Å². The van der Waals surface area contributed by atoms with Gasteiger partial charge in [0.15, 0.2) is 0 Å². The third-order valence-corrected chi connectivity index (χ3v) is 9.74. The quantitative estimate of drug-likeness (QED) is 0.283. The number of methoxy groups -OCH3 is 1. The van der Waals surface area contributed by atoms with Crippen molar-refractivity contribution in [2.45, 2.75) is 82.8 Å². The first-order valence-corrected chi connectivity index (χ1v) is 16.4. The van der Waals surface area contributed by atoms with Crippen molar-refractivity contribution >= 4 is 27.5 Å². The first-order valence-electron chi connectivity index (χ1n) is 15.0. The summed E-state index contributed by atoms with van der Waals surface area (Å²) in [5, 5.41) is 3.18. The minimum atomic E-state index is -4.10. The standard InChI is InChI=1S/C34H43N3O5S/c1-5-32(34(39)35-28-12-8-6-9-13-28)36(23-27-16-18-30(42-4)19-17-27)33(38)24-37(29-21-25(2)20-26(3)22-29)43(40,41)31-14-10-7-11-15-31/h7,10-11,14-22,28,32H,5-6,8-9,12-13,23-24H2,1-4H3,(H,35,39)/t32-/m0/s1. The molecule has 0 spiro atoms. The average Bonchev–Trinajstić information content (AvgIpc) is 3.00. The van der Waals surface area contributed by atoms with Crippen molar-refractivity contribution in [3.05, 3.63) is 89.5 Å². The SMILES string of the molecule is CC[C@@H](C(=O)NC1CCCCC1)N(Cc1ccc(OC)cc1)C(=O)CN(c1cc(C)cc(C)c1)S(=O)(=O)c1ccccc1. The Labute approximate surface area is 256 Å². The van der Waals surface area contributed by atoms with Gasteiger partial charge in [-0.15, -0.1) is 0 Å². The van der Waals surface area contributed by atoms with Gasteiger partial charge in [0.1, 0.15) is 18.3 Å². The Hall–Kier alpha value is -3.85. The molecule has 0 unspecified atom stereocenters. The summed E-state index contributed by atoms with van der Waals surface area (Å²) in [4.78, 5) is 29.6. The summed E-state index contributed by atoms with van der Waals surface area (Å²) in [5.41, 5.74) is 2.97. The maximum absolute atomic E-state index is 14.3. The number of carbonyl (C=O) groups is 2. The van der Waals surface area contributed by atoms with Crippen LogP contribution >= 0.6 is 0 Å². The van der Waals surface area contributed by atoms with Gasteiger partial charge in [-0.05, 0) is 86.2 Å². The molecule has 1 saturated carbocycles. The Balaban J connectivity index is 1.72. The summed E-state index contributed by atoms with van der Waals surface area (Å²) in [6.07, 6.45) is 5.52. The lowest BCUT2D eigenvalue weighted by Crippen LogP contribution is -2.54. The summed E-state index contributed by atoms with van der Waals surface area (Å²) >= 11 is 0. The van der Waals surface area contributed by atoms with Crippen molar-refractivity contribution < 1.29 is 22.7 Å². The van der Waals surface area contributed by atoms with Crippen LogP contribution in [0.3, 0.4) is 0 Å². The van der Waals surface area contributed by atoms with E-state index in [0.29, 0.717) is 17.9 Å². The lowest BCUT2D eigenvalue weighted by molar-refractivity contribution is -0.140. The van der Waals surface area contributed by atoms with Crippen molar-refractivity contribution in [3.8, 4) is 5.75 Å². The molecule has 4 rings (SSSR count). The first-order chi connectivity index (χ1) is 20.6. The largest absolute Gasteiger partial charge is 0.497 e. The number of nitrogens with zero attached hydrogens (tertiary/aromatic N) is 2. The van der Waals surface area contributed by atoms with Crippen LogP contribution in [0.4, 0.5) is 5.69 Å². The molecule has 0 heterocycles. The molecule has 9 heteroatoms. The number of rotatable bonds is 12. The molecule has 2 amide bonds. The summed E-state index contributed by atoms with van der Waals surface area (Å²) in [6, 6.07) is 20.2. The van der Waals surface area contributed by atoms with Crippen LogP contribution in [0.2, 0.25) is 0 Å². The van der Waals surface area contributed by atoms with E-state index in [9.17, 15) is 18.0 Å². The predicted octanol–water partition coefficient (Wildman–Crippen LogP) is 5.76. The van der Waals surface area contributed by atoms with Crippen molar-refractivity contribution in [3.63, 3.8) is 0 Å². The van der Waals surface area contributed by atoms with Crippen LogP contribution in [0.5, 0.6) is 5.75 Å². The minimum absolute atomic E-state index is 0.0819. The lowest BCUT2D eigenvalue weighted by atomic mass is 9.95. The van der Waals surface area contributed by atoms with E-state index in [1.807, 2.05) is 51.1 Å². The average molecular weight is 606 g/mol. The van der Waals surface area contributed by atoms with E-state index >= 15 is 0 Å². The molecule has 1 fully saturated rings. The number of amides is 2. The minimum Gasteiger partial charge on any atom is -0.497 e. The lowest BCUT2D eigenvalue weighted by Gasteiger charge is -2.34. The predicted molar refractivity (Wildman–Crippen MR) is 170 cm³/mol. The van der Waals surface area contributed by atoms with Gasteiger partial charge in [0, 0.05) is 12.6 Å². The molecule has 1 aliphatic rings. The topological polar surface area (TPSA) is 96.0 Å². The number of carbonyl (C=O) groups excluding carboxylic acids is 2. The fourth-order valence-electron chi connectivity index (χ4n) is 5.73. The van der Waals surface area contributed by atoms with Crippen molar-refractivity contribution in [2.75, 3.05) is 18.0 Å². The van der Waals surface area contributed by atoms with Crippen LogP contribution in [0.25, 0.3) is 0 Å². The highest BCUT2D eigenvalue weighted by atomic mass is 32.2. The van der Waals surface area contributed by atoms with Gasteiger partial charge in [-0.3, -0.25) is 13.9 Å². The molecule has 0 aromatic heterocycles. The van der Waals surface area contributed by atoms with Gasteiger partial charge in [-0.2, -0.15) is 0 Å². The molecular formula is C34H43N3O5S. The van der Waals surface area contributed by atoms with E-state index in [-0.39, 0.29) is 23.4 Å². The van der Waals surface area contributed by atoms with Crippen molar-refractivity contribution in [1.29, 1.82) is 0 Å². The molecule has 0 saturated heterocycles. The number of sulfonamides is 1. The van der Waals surface area contributed by atoms with Crippen molar-refractivity contribution in [1.82, 2.24) is 10.2 Å². The van der Waals surface area contributed by atoms with E-state index in [0.717, 1.165) is 53.1 Å². The number of ether oxygens (including phenoxy) is 1. The Morgan fingerprint density at radius 2 is 1.56 bits per heavy atom. The second kappa shape index (κ2) is 14.6. The fourth-order valence-corrected chi connectivity index (χ4v) is 7.15. The van der Waals surface area contributed by atoms with Crippen LogP contribution in [0, 0.1) is 13.8 Å². The van der Waals surface area contributed by atoms with Gasteiger partial charge >= 0.3 is 0 Å². The summed E-state index contributed by atoms with van der Waals surface area (Å²) < 4.78 is 34.5. The molecule has 8 nitrogen and oxygen atoms in total. The molecule has 1 atom stereocenters. The van der Waals surface area contributed by atoms with Crippen LogP contribution in [0.1, 0.15) is 62.1 Å². The van der Waals surface area contributed by atoms with E-state index in [1.165, 1.54) is 17.0 Å². The summed E-state index contributed by atoms with van der Waals surface area (Å²) in [7, 11) is -2.52. The maximum Gasteiger partial charge on any atom is 0.264 e. The number of nitrogens with one attached hydrogen (secondary N) is 1. The van der Waals surface area contributed by atoms with Crippen LogP contribution in [0.15, 0.2) is 77.7 Å². The van der Waals surface area contributed by atoms with Gasteiger partial charge in [0.05, 0.1) is 17.7 Å². The van der Waals surface area contributed by atoms with E-state index < -0.39 is 28.5 Å². The van der Waals surface area contributed by atoms with Crippen LogP contribution < -0.4 is 14.4 Å². The Bertz CT molecular complexity index is 1470. The zero-order valence-electron chi connectivity index (χ0n) is 25.6. The molecule has 1 aliphatic carbocycles. The maximum atomic E-state index is 14.3. The Morgan fingerprint density at radius 3 is 2.14 bits per heavy atom. The number of anilines is 1. The van der Waals surface area contributed by atoms with Gasteiger partial charge < -0.3 is 15.0 Å².